The van der Waals surface area contributed by atoms with Gasteiger partial charge in [0, 0.05) is 17.4 Å². The van der Waals surface area contributed by atoms with Crippen LogP contribution in [0.15, 0.2) is 54.9 Å². The van der Waals surface area contributed by atoms with Crippen LogP contribution >= 0.6 is 0 Å². The molecule has 7 nitrogen and oxygen atoms in total. The number of carbonyl (C=O) groups is 2. The van der Waals surface area contributed by atoms with E-state index in [1.807, 2.05) is 31.2 Å². The summed E-state index contributed by atoms with van der Waals surface area (Å²) < 4.78 is 5.96. The standard InChI is InChI=1S/C24H24N2O5.Na.H/c1-3-5-21-22(9-8-20(15(2)27)23(21)28)31-14-16-6-4-7-18(10-16)26-19-11-17(24(29)30)12-25-13-19;;/h4,6-13,26,28H,3,5,14H2,1-2H3,(H,29,30);;. The van der Waals surface area contributed by atoms with Crippen molar-refractivity contribution in [3.63, 3.8) is 0 Å². The number of carboxylic acid groups (broad SMARTS) is 1. The molecule has 3 rings (SSSR count). The number of ketones is 1. The summed E-state index contributed by atoms with van der Waals surface area (Å²) in [6.07, 6.45) is 4.23. The number of carbonyl (C=O) groups excluding carboxylic acids is 1. The number of ether oxygens (including phenoxy) is 1. The molecule has 0 bridgehead atoms. The van der Waals surface area contributed by atoms with Crippen molar-refractivity contribution >= 4 is 52.7 Å². The van der Waals surface area contributed by atoms with Gasteiger partial charge in [0.2, 0.25) is 0 Å². The van der Waals surface area contributed by atoms with Gasteiger partial charge < -0.3 is 20.3 Å². The third-order valence-electron chi connectivity index (χ3n) is 4.71. The zero-order chi connectivity index (χ0) is 22.4. The summed E-state index contributed by atoms with van der Waals surface area (Å²) in [4.78, 5) is 26.8. The van der Waals surface area contributed by atoms with Gasteiger partial charge in [0.05, 0.1) is 23.0 Å². The van der Waals surface area contributed by atoms with Crippen molar-refractivity contribution in [2.24, 2.45) is 0 Å². The van der Waals surface area contributed by atoms with Gasteiger partial charge in [0.15, 0.2) is 5.78 Å². The predicted molar refractivity (Wildman–Crippen MR) is 125 cm³/mol. The van der Waals surface area contributed by atoms with Crippen molar-refractivity contribution in [1.29, 1.82) is 0 Å². The molecule has 0 saturated heterocycles. The minimum absolute atomic E-state index is 0. The first kappa shape index (κ1) is 25.4. The van der Waals surface area contributed by atoms with Crippen LogP contribution in [0.3, 0.4) is 0 Å². The maximum absolute atomic E-state index is 11.7. The Morgan fingerprint density at radius 1 is 1.09 bits per heavy atom. The molecule has 32 heavy (non-hydrogen) atoms. The van der Waals surface area contributed by atoms with Gasteiger partial charge in [-0.05, 0) is 49.2 Å². The Balaban J connectivity index is 0.00000363. The van der Waals surface area contributed by atoms with Gasteiger partial charge in [-0.1, -0.05) is 25.5 Å². The fourth-order valence-electron chi connectivity index (χ4n) is 3.22. The number of nitrogens with one attached hydrogen (secondary N) is 1. The van der Waals surface area contributed by atoms with Crippen LogP contribution in [-0.4, -0.2) is 56.5 Å². The van der Waals surface area contributed by atoms with Crippen molar-refractivity contribution in [1.82, 2.24) is 4.98 Å². The number of aromatic carboxylic acids is 1. The normalized spacial score (nSPS) is 10.2. The predicted octanol–water partition coefficient (Wildman–Crippen LogP) is 4.31. The molecular weight excluding hydrogens is 419 g/mol. The average molecular weight is 444 g/mol. The van der Waals surface area contributed by atoms with Crippen LogP contribution in [0.2, 0.25) is 0 Å². The molecule has 3 N–H and O–H groups in total. The molecule has 0 spiro atoms. The Hall–Kier alpha value is -2.87. The summed E-state index contributed by atoms with van der Waals surface area (Å²) in [5.41, 5.74) is 3.22. The first-order valence-corrected chi connectivity index (χ1v) is 9.92. The number of nitrogens with zero attached hydrogens (tertiary/aromatic N) is 1. The first-order chi connectivity index (χ1) is 14.9. The summed E-state index contributed by atoms with van der Waals surface area (Å²) in [6, 6.07) is 12.3. The van der Waals surface area contributed by atoms with Gasteiger partial charge in [0.25, 0.3) is 0 Å². The number of Topliss-reactive ketones (excluding diaryl/α,β-unsaturated/α-hetero) is 1. The second-order valence-corrected chi connectivity index (χ2v) is 7.13. The zero-order valence-corrected chi connectivity index (χ0v) is 17.4. The fourth-order valence-corrected chi connectivity index (χ4v) is 3.22. The monoisotopic (exact) mass is 444 g/mol. The molecular formula is C24H25N2NaO5. The number of hydrogen-bond donors (Lipinski definition) is 3. The summed E-state index contributed by atoms with van der Waals surface area (Å²) in [6.45, 7) is 3.68. The molecule has 0 radical (unpaired) electrons. The van der Waals surface area contributed by atoms with E-state index in [1.165, 1.54) is 19.2 Å². The first-order valence-electron chi connectivity index (χ1n) is 9.92. The van der Waals surface area contributed by atoms with E-state index in [9.17, 15) is 14.7 Å². The number of benzene rings is 2. The van der Waals surface area contributed by atoms with Crippen LogP contribution < -0.4 is 10.1 Å². The molecule has 1 aromatic heterocycles. The third kappa shape index (κ3) is 6.32. The van der Waals surface area contributed by atoms with E-state index in [-0.39, 0.29) is 53.3 Å². The summed E-state index contributed by atoms with van der Waals surface area (Å²) in [5.74, 6) is -0.712. The summed E-state index contributed by atoms with van der Waals surface area (Å²) in [5, 5.41) is 22.7. The van der Waals surface area contributed by atoms with Crippen LogP contribution in [-0.2, 0) is 13.0 Å². The molecule has 3 aromatic rings. The van der Waals surface area contributed by atoms with E-state index in [0.717, 1.165) is 17.7 Å². The number of rotatable bonds is 9. The van der Waals surface area contributed by atoms with Crippen LogP contribution in [0, 0.1) is 0 Å². The van der Waals surface area contributed by atoms with Crippen molar-refractivity contribution in [3.05, 3.63) is 77.1 Å². The van der Waals surface area contributed by atoms with Crippen molar-refractivity contribution < 1.29 is 24.5 Å². The van der Waals surface area contributed by atoms with E-state index in [4.69, 9.17) is 9.84 Å². The van der Waals surface area contributed by atoms with Gasteiger partial charge in [-0.25, -0.2) is 4.79 Å². The Labute approximate surface area is 208 Å². The number of carboxylic acids is 1. The SMILES string of the molecule is CCCc1c(OCc2cccc(Nc3cncc(C(=O)O)c3)c2)ccc(C(C)=O)c1O.[NaH]. The summed E-state index contributed by atoms with van der Waals surface area (Å²) in [7, 11) is 0. The minimum atomic E-state index is -1.04. The van der Waals surface area contributed by atoms with E-state index in [2.05, 4.69) is 10.3 Å². The van der Waals surface area contributed by atoms with Crippen LogP contribution in [0.1, 0.15) is 52.1 Å². The fraction of sp³-hybridized carbons (Fsp3) is 0.208. The number of phenols is 1. The van der Waals surface area contributed by atoms with Gasteiger partial charge >= 0.3 is 35.5 Å². The van der Waals surface area contributed by atoms with Gasteiger partial charge in [-0.15, -0.1) is 0 Å². The number of hydrogen-bond acceptors (Lipinski definition) is 6. The maximum atomic E-state index is 11.7. The second-order valence-electron chi connectivity index (χ2n) is 7.13. The van der Waals surface area contributed by atoms with Crippen molar-refractivity contribution in [3.8, 4) is 11.5 Å². The molecule has 0 aliphatic rings. The Morgan fingerprint density at radius 2 is 1.88 bits per heavy atom. The molecule has 0 unspecified atom stereocenters. The molecule has 1 heterocycles. The molecule has 0 atom stereocenters. The average Bonchev–Trinajstić information content (AvgIpc) is 2.74. The van der Waals surface area contributed by atoms with Gasteiger partial charge in [0.1, 0.15) is 18.1 Å². The molecule has 0 aliphatic heterocycles. The third-order valence-corrected chi connectivity index (χ3v) is 4.71. The Kier molecular flexibility index (Phi) is 9.26. The molecule has 0 saturated carbocycles. The van der Waals surface area contributed by atoms with Crippen LogP contribution in [0.4, 0.5) is 11.4 Å². The molecule has 162 valence electrons. The quantitative estimate of drug-likeness (QED) is 0.333. The number of phenolic OH excluding ortho intramolecular Hbond substituents is 1. The zero-order valence-electron chi connectivity index (χ0n) is 17.4. The van der Waals surface area contributed by atoms with E-state index in [0.29, 0.717) is 29.0 Å². The molecule has 0 aliphatic carbocycles. The van der Waals surface area contributed by atoms with Crippen molar-refractivity contribution in [2.75, 3.05) is 5.32 Å². The molecule has 0 amide bonds. The number of aromatic hydroxyl groups is 1. The number of pyridine rings is 1. The van der Waals surface area contributed by atoms with E-state index >= 15 is 0 Å². The molecule has 2 aromatic carbocycles. The van der Waals surface area contributed by atoms with Gasteiger partial charge in [-0.2, -0.15) is 0 Å². The molecule has 0 fully saturated rings. The van der Waals surface area contributed by atoms with E-state index in [1.54, 1.807) is 18.3 Å². The Morgan fingerprint density at radius 3 is 2.56 bits per heavy atom. The number of aromatic nitrogens is 1. The summed E-state index contributed by atoms with van der Waals surface area (Å²) >= 11 is 0. The van der Waals surface area contributed by atoms with Crippen LogP contribution in [0.25, 0.3) is 0 Å². The second kappa shape index (κ2) is 11.7. The van der Waals surface area contributed by atoms with Crippen LogP contribution in [0.5, 0.6) is 11.5 Å². The topological polar surface area (TPSA) is 109 Å². The number of anilines is 2. The Bertz CT molecular complexity index is 1120. The van der Waals surface area contributed by atoms with Crippen molar-refractivity contribution in [2.45, 2.75) is 33.3 Å². The van der Waals surface area contributed by atoms with E-state index < -0.39 is 5.97 Å². The molecule has 8 heteroatoms. The van der Waals surface area contributed by atoms with Gasteiger partial charge in [-0.3, -0.25) is 9.78 Å².